The summed E-state index contributed by atoms with van der Waals surface area (Å²) in [6.07, 6.45) is 0. The van der Waals surface area contributed by atoms with Gasteiger partial charge in [-0.2, -0.15) is 0 Å². The summed E-state index contributed by atoms with van der Waals surface area (Å²) in [7, 11) is 0. The number of rotatable bonds is 6. The molecule has 0 fully saturated rings. The van der Waals surface area contributed by atoms with Gasteiger partial charge in [-0.25, -0.2) is 0 Å². The van der Waals surface area contributed by atoms with Gasteiger partial charge in [0.05, 0.1) is 5.69 Å². The highest BCUT2D eigenvalue weighted by atomic mass is 15.1. The standard InChI is InChI=1S/C48H33N/c1-3-16-34(17-4-1)36-21-13-24-39(32-36)49(38-22-5-2-6-23-38)47-31-15-30-45(43-29-14-20-35-18-7-9-25-40(35)43)48(47)46-33-37-19-8-10-26-41(37)42-27-11-12-28-44(42)46/h1-33H. The molecule has 0 N–H and O–H groups in total. The van der Waals surface area contributed by atoms with Crippen molar-refractivity contribution >= 4 is 49.4 Å². The number of nitrogens with zero attached hydrogens (tertiary/aromatic N) is 1. The average Bonchev–Trinajstić information content (AvgIpc) is 3.18. The molecule has 9 aromatic carbocycles. The Labute approximate surface area is 287 Å². The van der Waals surface area contributed by atoms with Crippen LogP contribution in [-0.2, 0) is 0 Å². The zero-order valence-electron chi connectivity index (χ0n) is 27.0. The first-order valence-corrected chi connectivity index (χ1v) is 16.9. The molecule has 0 aliphatic rings. The minimum atomic E-state index is 1.11. The van der Waals surface area contributed by atoms with Crippen LogP contribution in [0.15, 0.2) is 200 Å². The second-order valence-corrected chi connectivity index (χ2v) is 12.5. The van der Waals surface area contributed by atoms with E-state index in [9.17, 15) is 0 Å². The van der Waals surface area contributed by atoms with Crippen LogP contribution >= 0.6 is 0 Å². The van der Waals surface area contributed by atoms with Gasteiger partial charge in [0, 0.05) is 16.9 Å². The first-order valence-electron chi connectivity index (χ1n) is 16.9. The molecule has 0 saturated carbocycles. The largest absolute Gasteiger partial charge is 0.310 e. The third kappa shape index (κ3) is 5.13. The molecule has 0 aliphatic heterocycles. The molecule has 0 radical (unpaired) electrons. The van der Waals surface area contributed by atoms with Gasteiger partial charge in [0.25, 0.3) is 0 Å². The van der Waals surface area contributed by atoms with Crippen molar-refractivity contribution in [3.05, 3.63) is 200 Å². The van der Waals surface area contributed by atoms with Crippen LogP contribution in [0.25, 0.3) is 65.7 Å². The second kappa shape index (κ2) is 12.3. The molecule has 0 amide bonds. The zero-order chi connectivity index (χ0) is 32.6. The lowest BCUT2D eigenvalue weighted by molar-refractivity contribution is 1.28. The summed E-state index contributed by atoms with van der Waals surface area (Å²) in [5.41, 5.74) is 10.6. The smallest absolute Gasteiger partial charge is 0.0546 e. The molecular weight excluding hydrogens is 591 g/mol. The Morgan fingerprint density at radius 2 is 0.837 bits per heavy atom. The molecule has 0 spiro atoms. The van der Waals surface area contributed by atoms with Gasteiger partial charge in [-0.05, 0) is 96.5 Å². The number of hydrogen-bond acceptors (Lipinski definition) is 1. The highest BCUT2D eigenvalue weighted by Crippen LogP contribution is 2.49. The van der Waals surface area contributed by atoms with E-state index >= 15 is 0 Å². The van der Waals surface area contributed by atoms with E-state index in [2.05, 4.69) is 205 Å². The van der Waals surface area contributed by atoms with Crippen LogP contribution in [0.2, 0.25) is 0 Å². The highest BCUT2D eigenvalue weighted by Gasteiger charge is 2.23. The van der Waals surface area contributed by atoms with E-state index in [0.717, 1.165) is 17.1 Å². The number of anilines is 3. The van der Waals surface area contributed by atoms with Crippen LogP contribution in [0.5, 0.6) is 0 Å². The summed E-state index contributed by atoms with van der Waals surface area (Å²) in [5, 5.41) is 7.46. The third-order valence-electron chi connectivity index (χ3n) is 9.63. The van der Waals surface area contributed by atoms with Crippen molar-refractivity contribution in [1.82, 2.24) is 0 Å². The molecule has 0 aliphatic carbocycles. The lowest BCUT2D eigenvalue weighted by Gasteiger charge is -2.30. The molecule has 0 aromatic heterocycles. The van der Waals surface area contributed by atoms with E-state index in [1.54, 1.807) is 0 Å². The minimum Gasteiger partial charge on any atom is -0.310 e. The van der Waals surface area contributed by atoms with Crippen LogP contribution in [0.1, 0.15) is 0 Å². The van der Waals surface area contributed by atoms with Crippen molar-refractivity contribution in [3.8, 4) is 33.4 Å². The molecule has 0 atom stereocenters. The van der Waals surface area contributed by atoms with Gasteiger partial charge in [0.2, 0.25) is 0 Å². The van der Waals surface area contributed by atoms with Gasteiger partial charge in [0.1, 0.15) is 0 Å². The summed E-state index contributed by atoms with van der Waals surface area (Å²) in [4.78, 5) is 2.43. The highest BCUT2D eigenvalue weighted by molar-refractivity contribution is 6.17. The molecule has 49 heavy (non-hydrogen) atoms. The Kier molecular flexibility index (Phi) is 7.22. The minimum absolute atomic E-state index is 1.11. The maximum Gasteiger partial charge on any atom is 0.0546 e. The molecule has 0 saturated heterocycles. The Hall–Kier alpha value is -6.44. The maximum atomic E-state index is 2.43. The van der Waals surface area contributed by atoms with E-state index in [1.165, 1.54) is 65.7 Å². The van der Waals surface area contributed by atoms with Gasteiger partial charge < -0.3 is 4.90 Å². The van der Waals surface area contributed by atoms with E-state index < -0.39 is 0 Å². The predicted octanol–water partition coefficient (Wildman–Crippen LogP) is 13.6. The molecule has 230 valence electrons. The Bertz CT molecular complexity index is 2600. The molecule has 0 heterocycles. The van der Waals surface area contributed by atoms with E-state index in [-0.39, 0.29) is 0 Å². The molecule has 0 unspecified atom stereocenters. The van der Waals surface area contributed by atoms with Gasteiger partial charge in [-0.15, -0.1) is 0 Å². The SMILES string of the molecule is c1ccc(-c2cccc(N(c3ccccc3)c3cccc(-c4cccc5ccccc45)c3-c3cc4ccccc4c4ccccc34)c2)cc1. The maximum absolute atomic E-state index is 2.43. The van der Waals surface area contributed by atoms with Crippen molar-refractivity contribution in [1.29, 1.82) is 0 Å². The van der Waals surface area contributed by atoms with Gasteiger partial charge in [-0.3, -0.25) is 0 Å². The van der Waals surface area contributed by atoms with Crippen molar-refractivity contribution in [2.45, 2.75) is 0 Å². The number of hydrogen-bond donors (Lipinski definition) is 0. The summed E-state index contributed by atoms with van der Waals surface area (Å²) in [6.45, 7) is 0. The molecule has 9 aromatic rings. The van der Waals surface area contributed by atoms with Gasteiger partial charge in [-0.1, -0.05) is 164 Å². The number of para-hydroxylation sites is 1. The summed E-state index contributed by atoms with van der Waals surface area (Å²) in [6, 6.07) is 72.5. The van der Waals surface area contributed by atoms with Crippen LogP contribution in [-0.4, -0.2) is 0 Å². The molecule has 0 bridgehead atoms. The molecular formula is C48H33N. The van der Waals surface area contributed by atoms with Crippen molar-refractivity contribution in [3.63, 3.8) is 0 Å². The van der Waals surface area contributed by atoms with E-state index in [1.807, 2.05) is 0 Å². The van der Waals surface area contributed by atoms with Crippen LogP contribution in [0.3, 0.4) is 0 Å². The lowest BCUT2D eigenvalue weighted by atomic mass is 9.86. The Morgan fingerprint density at radius 3 is 1.65 bits per heavy atom. The van der Waals surface area contributed by atoms with Gasteiger partial charge in [0.15, 0.2) is 0 Å². The summed E-state index contributed by atoms with van der Waals surface area (Å²) >= 11 is 0. The Balaban J connectivity index is 1.41. The summed E-state index contributed by atoms with van der Waals surface area (Å²) in [5.74, 6) is 0. The fourth-order valence-electron chi connectivity index (χ4n) is 7.41. The quantitative estimate of drug-likeness (QED) is 0.167. The summed E-state index contributed by atoms with van der Waals surface area (Å²) < 4.78 is 0. The Morgan fingerprint density at radius 1 is 0.286 bits per heavy atom. The molecule has 9 rings (SSSR count). The zero-order valence-corrected chi connectivity index (χ0v) is 27.0. The van der Waals surface area contributed by atoms with Crippen molar-refractivity contribution in [2.24, 2.45) is 0 Å². The van der Waals surface area contributed by atoms with Crippen molar-refractivity contribution in [2.75, 3.05) is 4.90 Å². The third-order valence-corrected chi connectivity index (χ3v) is 9.63. The van der Waals surface area contributed by atoms with Gasteiger partial charge >= 0.3 is 0 Å². The van der Waals surface area contributed by atoms with Crippen molar-refractivity contribution < 1.29 is 0 Å². The van der Waals surface area contributed by atoms with Crippen LogP contribution in [0, 0.1) is 0 Å². The first-order chi connectivity index (χ1) is 24.3. The van der Waals surface area contributed by atoms with Crippen LogP contribution < -0.4 is 4.90 Å². The lowest BCUT2D eigenvalue weighted by Crippen LogP contribution is -2.12. The second-order valence-electron chi connectivity index (χ2n) is 12.5. The average molecular weight is 624 g/mol. The topological polar surface area (TPSA) is 3.24 Å². The normalized spacial score (nSPS) is 11.3. The molecule has 1 heteroatoms. The number of fused-ring (bicyclic) bond motifs is 4. The molecule has 1 nitrogen and oxygen atoms in total. The van der Waals surface area contributed by atoms with E-state index in [4.69, 9.17) is 0 Å². The first kappa shape index (κ1) is 28.8. The number of benzene rings is 9. The predicted molar refractivity (Wildman–Crippen MR) is 210 cm³/mol. The fourth-order valence-corrected chi connectivity index (χ4v) is 7.41. The van der Waals surface area contributed by atoms with E-state index in [0.29, 0.717) is 0 Å². The fraction of sp³-hybridized carbons (Fsp3) is 0. The monoisotopic (exact) mass is 623 g/mol. The van der Waals surface area contributed by atoms with Crippen LogP contribution in [0.4, 0.5) is 17.1 Å².